The van der Waals surface area contributed by atoms with Crippen LogP contribution in [0.4, 0.5) is 4.39 Å². The van der Waals surface area contributed by atoms with Gasteiger partial charge in [-0.05, 0) is 37.5 Å². The molecular weight excluding hydrogens is 339 g/mol. The number of benzene rings is 2. The van der Waals surface area contributed by atoms with E-state index in [0.29, 0.717) is 25.2 Å². The molecular formula is C19H23FN2O2S. The SMILES string of the molecule is Cc1ccc(C)c(CN2CCCN(Cc3ccccc3F)S2(=O)=O)c1. The van der Waals surface area contributed by atoms with E-state index in [1.54, 1.807) is 18.2 Å². The molecule has 0 amide bonds. The first kappa shape index (κ1) is 18.0. The predicted molar refractivity (Wildman–Crippen MR) is 96.7 cm³/mol. The summed E-state index contributed by atoms with van der Waals surface area (Å²) in [6, 6.07) is 12.4. The highest BCUT2D eigenvalue weighted by atomic mass is 32.2. The average molecular weight is 362 g/mol. The number of hydrogen-bond donors (Lipinski definition) is 0. The molecule has 2 aromatic rings. The van der Waals surface area contributed by atoms with Gasteiger partial charge in [0.1, 0.15) is 5.82 Å². The van der Waals surface area contributed by atoms with Crippen molar-refractivity contribution in [2.24, 2.45) is 0 Å². The lowest BCUT2D eigenvalue weighted by atomic mass is 10.1. The van der Waals surface area contributed by atoms with E-state index in [2.05, 4.69) is 0 Å². The summed E-state index contributed by atoms with van der Waals surface area (Å²) in [5, 5.41) is 0. The van der Waals surface area contributed by atoms with E-state index in [1.807, 2.05) is 32.0 Å². The van der Waals surface area contributed by atoms with Crippen LogP contribution < -0.4 is 0 Å². The molecule has 0 radical (unpaired) electrons. The maximum atomic E-state index is 13.9. The van der Waals surface area contributed by atoms with E-state index in [-0.39, 0.29) is 12.4 Å². The lowest BCUT2D eigenvalue weighted by Crippen LogP contribution is -2.48. The van der Waals surface area contributed by atoms with Gasteiger partial charge in [-0.2, -0.15) is 17.0 Å². The lowest BCUT2D eigenvalue weighted by Gasteiger charge is -2.35. The molecule has 0 N–H and O–H groups in total. The van der Waals surface area contributed by atoms with Crippen molar-refractivity contribution in [3.05, 3.63) is 70.5 Å². The third-order valence-electron chi connectivity index (χ3n) is 4.62. The van der Waals surface area contributed by atoms with Crippen LogP contribution in [-0.2, 0) is 23.3 Å². The summed E-state index contributed by atoms with van der Waals surface area (Å²) in [6.07, 6.45) is 0.735. The number of aryl methyl sites for hydroxylation is 2. The Morgan fingerprint density at radius 2 is 1.60 bits per heavy atom. The van der Waals surface area contributed by atoms with Gasteiger partial charge in [-0.15, -0.1) is 0 Å². The van der Waals surface area contributed by atoms with Crippen molar-refractivity contribution in [3.8, 4) is 0 Å². The van der Waals surface area contributed by atoms with Crippen molar-refractivity contribution in [1.82, 2.24) is 8.61 Å². The molecule has 0 spiro atoms. The van der Waals surface area contributed by atoms with Gasteiger partial charge in [0.2, 0.25) is 0 Å². The standard InChI is InChI=1S/C19H23FN2O2S/c1-15-8-9-16(2)18(12-15)14-22-11-5-10-21(25(22,23)24)13-17-6-3-4-7-19(17)20/h3-4,6-9,12H,5,10-11,13-14H2,1-2H3. The maximum Gasteiger partial charge on any atom is 0.282 e. The molecule has 1 aliphatic heterocycles. The molecule has 0 aliphatic carbocycles. The van der Waals surface area contributed by atoms with Crippen LogP contribution in [0.15, 0.2) is 42.5 Å². The van der Waals surface area contributed by atoms with Crippen LogP contribution in [0.1, 0.15) is 28.7 Å². The molecule has 2 aromatic carbocycles. The fraction of sp³-hybridized carbons (Fsp3) is 0.368. The van der Waals surface area contributed by atoms with Crippen LogP contribution in [0.3, 0.4) is 0 Å². The second kappa shape index (κ2) is 7.23. The quantitative estimate of drug-likeness (QED) is 0.836. The van der Waals surface area contributed by atoms with E-state index in [0.717, 1.165) is 23.1 Å². The minimum atomic E-state index is -3.61. The topological polar surface area (TPSA) is 40.6 Å². The third-order valence-corrected chi connectivity index (χ3v) is 6.55. The van der Waals surface area contributed by atoms with Crippen LogP contribution in [0, 0.1) is 19.7 Å². The first-order chi connectivity index (χ1) is 11.9. The zero-order valence-corrected chi connectivity index (χ0v) is 15.4. The minimum absolute atomic E-state index is 0.0678. The van der Waals surface area contributed by atoms with E-state index >= 15 is 0 Å². The molecule has 0 unspecified atom stereocenters. The molecule has 0 saturated carbocycles. The third kappa shape index (κ3) is 3.92. The van der Waals surface area contributed by atoms with Crippen molar-refractivity contribution in [3.63, 3.8) is 0 Å². The molecule has 1 saturated heterocycles. The maximum absolute atomic E-state index is 13.9. The second-order valence-electron chi connectivity index (χ2n) is 6.55. The highest BCUT2D eigenvalue weighted by Gasteiger charge is 2.34. The minimum Gasteiger partial charge on any atom is -0.207 e. The van der Waals surface area contributed by atoms with Gasteiger partial charge < -0.3 is 0 Å². The van der Waals surface area contributed by atoms with Crippen LogP contribution in [0.25, 0.3) is 0 Å². The van der Waals surface area contributed by atoms with Gasteiger partial charge in [0.25, 0.3) is 10.2 Å². The van der Waals surface area contributed by atoms with Gasteiger partial charge >= 0.3 is 0 Å². The normalized spacial score (nSPS) is 18.4. The molecule has 0 bridgehead atoms. The zero-order chi connectivity index (χ0) is 18.0. The summed E-state index contributed by atoms with van der Waals surface area (Å²) in [7, 11) is -3.61. The number of halogens is 1. The van der Waals surface area contributed by atoms with E-state index in [9.17, 15) is 12.8 Å². The molecule has 1 fully saturated rings. The molecule has 134 valence electrons. The van der Waals surface area contributed by atoms with Gasteiger partial charge in [0, 0.05) is 31.7 Å². The smallest absolute Gasteiger partial charge is 0.207 e. The molecule has 1 heterocycles. The fourth-order valence-electron chi connectivity index (χ4n) is 3.12. The molecule has 0 aromatic heterocycles. The van der Waals surface area contributed by atoms with Gasteiger partial charge in [-0.1, -0.05) is 42.0 Å². The van der Waals surface area contributed by atoms with Gasteiger partial charge in [0.15, 0.2) is 0 Å². The predicted octanol–water partition coefficient (Wildman–Crippen LogP) is 3.40. The Morgan fingerprint density at radius 3 is 2.28 bits per heavy atom. The van der Waals surface area contributed by atoms with Crippen molar-refractivity contribution in [2.45, 2.75) is 33.4 Å². The van der Waals surface area contributed by atoms with Crippen molar-refractivity contribution in [1.29, 1.82) is 0 Å². The molecule has 6 heteroatoms. The lowest BCUT2D eigenvalue weighted by molar-refractivity contribution is 0.274. The Morgan fingerprint density at radius 1 is 0.960 bits per heavy atom. The monoisotopic (exact) mass is 362 g/mol. The molecule has 25 heavy (non-hydrogen) atoms. The van der Waals surface area contributed by atoms with Gasteiger partial charge in [0.05, 0.1) is 0 Å². The Labute approximate surface area is 149 Å². The Kier molecular flexibility index (Phi) is 5.22. The zero-order valence-electron chi connectivity index (χ0n) is 14.6. The van der Waals surface area contributed by atoms with Gasteiger partial charge in [-0.25, -0.2) is 4.39 Å². The number of hydrogen-bond acceptors (Lipinski definition) is 2. The largest absolute Gasteiger partial charge is 0.282 e. The van der Waals surface area contributed by atoms with Gasteiger partial charge in [-0.3, -0.25) is 0 Å². The highest BCUT2D eigenvalue weighted by Crippen LogP contribution is 2.23. The summed E-state index contributed by atoms with van der Waals surface area (Å²) in [4.78, 5) is 0. The van der Waals surface area contributed by atoms with Crippen molar-refractivity contribution in [2.75, 3.05) is 13.1 Å². The molecule has 1 aliphatic rings. The van der Waals surface area contributed by atoms with Crippen LogP contribution in [-0.4, -0.2) is 30.1 Å². The summed E-state index contributed by atoms with van der Waals surface area (Å²) in [5.74, 6) is -0.371. The second-order valence-corrected chi connectivity index (χ2v) is 8.48. The van der Waals surface area contributed by atoms with Crippen LogP contribution >= 0.6 is 0 Å². The Hall–Kier alpha value is -1.76. The van der Waals surface area contributed by atoms with E-state index < -0.39 is 10.2 Å². The molecule has 4 nitrogen and oxygen atoms in total. The first-order valence-corrected chi connectivity index (χ1v) is 9.82. The molecule has 0 atom stereocenters. The first-order valence-electron chi connectivity index (χ1n) is 8.42. The fourth-order valence-corrected chi connectivity index (χ4v) is 4.77. The van der Waals surface area contributed by atoms with Crippen LogP contribution in [0.2, 0.25) is 0 Å². The summed E-state index contributed by atoms with van der Waals surface area (Å²) in [6.45, 7) is 5.31. The summed E-state index contributed by atoms with van der Waals surface area (Å²) in [5.41, 5.74) is 3.60. The number of nitrogens with zero attached hydrogens (tertiary/aromatic N) is 2. The van der Waals surface area contributed by atoms with Crippen molar-refractivity contribution >= 4 is 10.2 Å². The summed E-state index contributed by atoms with van der Waals surface area (Å²) >= 11 is 0. The average Bonchev–Trinajstić information content (AvgIpc) is 2.56. The highest BCUT2D eigenvalue weighted by molar-refractivity contribution is 7.86. The number of rotatable bonds is 4. The Bertz CT molecular complexity index is 867. The van der Waals surface area contributed by atoms with Crippen molar-refractivity contribution < 1.29 is 12.8 Å². The van der Waals surface area contributed by atoms with E-state index in [1.165, 1.54) is 14.7 Å². The van der Waals surface area contributed by atoms with E-state index in [4.69, 9.17) is 0 Å². The van der Waals surface area contributed by atoms with Crippen LogP contribution in [0.5, 0.6) is 0 Å². The Balaban J connectivity index is 1.82. The summed E-state index contributed by atoms with van der Waals surface area (Å²) < 4.78 is 42.7. The molecule has 3 rings (SSSR count).